The molecule has 2 aromatic carbocycles. The summed E-state index contributed by atoms with van der Waals surface area (Å²) >= 11 is 5.61. The Morgan fingerprint density at radius 1 is 1.08 bits per heavy atom. The first-order valence-corrected chi connectivity index (χ1v) is 8.59. The molecule has 0 bridgehead atoms. The normalized spacial score (nSPS) is 13.6. The Kier molecular flexibility index (Phi) is 4.48. The van der Waals surface area contributed by atoms with E-state index < -0.39 is 17.1 Å². The van der Waals surface area contributed by atoms with E-state index in [2.05, 4.69) is 0 Å². The van der Waals surface area contributed by atoms with Crippen LogP contribution in [0.3, 0.4) is 0 Å². The van der Waals surface area contributed by atoms with Gasteiger partial charge in [0.1, 0.15) is 0 Å². The van der Waals surface area contributed by atoms with Gasteiger partial charge in [0, 0.05) is 5.56 Å². The van der Waals surface area contributed by atoms with Crippen LogP contribution in [0.2, 0.25) is 0 Å². The van der Waals surface area contributed by atoms with E-state index in [0.717, 1.165) is 11.1 Å². The van der Waals surface area contributed by atoms with Crippen molar-refractivity contribution in [3.63, 3.8) is 0 Å². The van der Waals surface area contributed by atoms with Crippen LogP contribution in [0.4, 0.5) is 5.69 Å². The number of aryl methyl sites for hydroxylation is 1. The van der Waals surface area contributed by atoms with Gasteiger partial charge in [-0.3, -0.25) is 14.4 Å². The van der Waals surface area contributed by atoms with Gasteiger partial charge in [0.05, 0.1) is 16.8 Å². The minimum Gasteiger partial charge on any atom is -0.276 e. The zero-order chi connectivity index (χ0) is 18.3. The fourth-order valence-electron chi connectivity index (χ4n) is 3.29. The van der Waals surface area contributed by atoms with Crippen LogP contribution in [0.5, 0.6) is 0 Å². The van der Waals surface area contributed by atoms with Gasteiger partial charge in [-0.1, -0.05) is 45.0 Å². The first kappa shape index (κ1) is 17.4. The zero-order valence-corrected chi connectivity index (χ0v) is 15.1. The lowest BCUT2D eigenvalue weighted by atomic mass is 9.95. The number of rotatable bonds is 4. The smallest absolute Gasteiger partial charge is 0.266 e. The Labute approximate surface area is 151 Å². The van der Waals surface area contributed by atoms with Crippen LogP contribution in [-0.2, 0) is 6.42 Å². The molecule has 1 heterocycles. The van der Waals surface area contributed by atoms with Gasteiger partial charge in [-0.2, -0.15) is 0 Å². The van der Waals surface area contributed by atoms with Crippen LogP contribution in [0.15, 0.2) is 36.4 Å². The molecule has 1 aliphatic heterocycles. The van der Waals surface area contributed by atoms with Crippen molar-refractivity contribution in [1.29, 1.82) is 0 Å². The van der Waals surface area contributed by atoms with Gasteiger partial charge in [0.15, 0.2) is 0 Å². The summed E-state index contributed by atoms with van der Waals surface area (Å²) in [6.45, 7) is 6.02. The van der Waals surface area contributed by atoms with Crippen molar-refractivity contribution in [2.45, 2.75) is 33.1 Å². The molecule has 0 fully saturated rings. The van der Waals surface area contributed by atoms with Gasteiger partial charge in [-0.25, -0.2) is 4.90 Å². The second kappa shape index (κ2) is 6.45. The maximum absolute atomic E-state index is 13.1. The zero-order valence-electron chi connectivity index (χ0n) is 14.3. The number of para-hydroxylation sites is 1. The summed E-state index contributed by atoms with van der Waals surface area (Å²) in [7, 11) is 0. The summed E-state index contributed by atoms with van der Waals surface area (Å²) < 4.78 is 0. The number of amides is 2. The summed E-state index contributed by atoms with van der Waals surface area (Å²) in [4.78, 5) is 38.9. The van der Waals surface area contributed by atoms with Crippen LogP contribution in [0.25, 0.3) is 0 Å². The largest absolute Gasteiger partial charge is 0.276 e. The van der Waals surface area contributed by atoms with Crippen molar-refractivity contribution in [2.75, 3.05) is 4.90 Å². The number of fused-ring (bicyclic) bond motifs is 1. The highest BCUT2D eigenvalue weighted by Crippen LogP contribution is 2.38. The number of benzene rings is 2. The maximum Gasteiger partial charge on any atom is 0.266 e. The predicted molar refractivity (Wildman–Crippen MR) is 97.7 cm³/mol. The summed E-state index contributed by atoms with van der Waals surface area (Å²) in [6, 6.07) is 10.4. The third-order valence-corrected chi connectivity index (χ3v) is 4.71. The molecule has 0 saturated heterocycles. The van der Waals surface area contributed by atoms with E-state index in [1.807, 2.05) is 39.0 Å². The Balaban J connectivity index is 2.25. The van der Waals surface area contributed by atoms with Gasteiger partial charge >= 0.3 is 0 Å². The van der Waals surface area contributed by atoms with E-state index >= 15 is 0 Å². The number of hydrogen-bond acceptors (Lipinski definition) is 3. The van der Waals surface area contributed by atoms with E-state index in [1.54, 1.807) is 12.1 Å². The highest BCUT2D eigenvalue weighted by molar-refractivity contribution is 6.68. The van der Waals surface area contributed by atoms with Crippen molar-refractivity contribution in [3.8, 4) is 0 Å². The first-order chi connectivity index (χ1) is 11.9. The molecule has 0 N–H and O–H groups in total. The standard InChI is InChI=1S/C20H18ClNO3/c1-4-12-7-5-8-13(11(2)3)17(12)22-19(24)15-10-6-9-14(18(21)23)16(15)20(22)25/h5-11H,4H2,1-3H3. The predicted octanol–water partition coefficient (Wildman–Crippen LogP) is 4.55. The second-order valence-electron chi connectivity index (χ2n) is 6.31. The third kappa shape index (κ3) is 2.67. The summed E-state index contributed by atoms with van der Waals surface area (Å²) in [6.07, 6.45) is 0.685. The molecule has 0 radical (unpaired) electrons. The SMILES string of the molecule is CCc1cccc(C(C)C)c1N1C(=O)c2cccc(C(=O)Cl)c2C1=O. The Hall–Kier alpha value is -2.46. The monoisotopic (exact) mass is 355 g/mol. The van der Waals surface area contributed by atoms with E-state index in [-0.39, 0.29) is 22.6 Å². The Bertz CT molecular complexity index is 902. The summed E-state index contributed by atoms with van der Waals surface area (Å²) in [5.74, 6) is -0.769. The minimum atomic E-state index is -0.743. The highest BCUT2D eigenvalue weighted by atomic mass is 35.5. The van der Waals surface area contributed by atoms with E-state index in [0.29, 0.717) is 12.1 Å². The van der Waals surface area contributed by atoms with E-state index in [4.69, 9.17) is 11.6 Å². The molecule has 2 amide bonds. The lowest BCUT2D eigenvalue weighted by Gasteiger charge is -2.23. The quantitative estimate of drug-likeness (QED) is 0.597. The van der Waals surface area contributed by atoms with Crippen molar-refractivity contribution in [1.82, 2.24) is 0 Å². The third-order valence-electron chi connectivity index (χ3n) is 4.50. The van der Waals surface area contributed by atoms with Crippen LogP contribution in [0.1, 0.15) is 68.9 Å². The lowest BCUT2D eigenvalue weighted by Crippen LogP contribution is -2.31. The molecule has 25 heavy (non-hydrogen) atoms. The molecular weight excluding hydrogens is 338 g/mol. The summed E-state index contributed by atoms with van der Waals surface area (Å²) in [5.41, 5.74) is 2.84. The average Bonchev–Trinajstić information content (AvgIpc) is 2.85. The van der Waals surface area contributed by atoms with Crippen LogP contribution in [0, 0.1) is 0 Å². The Morgan fingerprint density at radius 3 is 2.36 bits per heavy atom. The van der Waals surface area contributed by atoms with Crippen molar-refractivity contribution >= 4 is 34.3 Å². The van der Waals surface area contributed by atoms with E-state index in [1.165, 1.54) is 11.0 Å². The van der Waals surface area contributed by atoms with E-state index in [9.17, 15) is 14.4 Å². The van der Waals surface area contributed by atoms with Crippen molar-refractivity contribution in [3.05, 3.63) is 64.2 Å². The minimum absolute atomic E-state index is 0.0695. The molecule has 0 aromatic heterocycles. The lowest BCUT2D eigenvalue weighted by molar-refractivity contribution is 0.0922. The molecule has 0 atom stereocenters. The van der Waals surface area contributed by atoms with Crippen molar-refractivity contribution < 1.29 is 14.4 Å². The van der Waals surface area contributed by atoms with Crippen molar-refractivity contribution in [2.24, 2.45) is 0 Å². The number of nitrogens with zero attached hydrogens (tertiary/aromatic N) is 1. The fraction of sp³-hybridized carbons (Fsp3) is 0.250. The number of carbonyl (C=O) groups excluding carboxylic acids is 3. The fourth-order valence-corrected chi connectivity index (χ4v) is 3.44. The molecule has 0 saturated carbocycles. The molecule has 5 heteroatoms. The molecular formula is C20H18ClNO3. The molecule has 0 aliphatic carbocycles. The summed E-state index contributed by atoms with van der Waals surface area (Å²) in [5, 5.41) is -0.743. The van der Waals surface area contributed by atoms with Crippen LogP contribution >= 0.6 is 11.6 Å². The number of hydrogen-bond donors (Lipinski definition) is 0. The molecule has 1 aliphatic rings. The molecule has 0 unspecified atom stereocenters. The van der Waals surface area contributed by atoms with Crippen LogP contribution in [-0.4, -0.2) is 17.1 Å². The number of halogens is 1. The van der Waals surface area contributed by atoms with Gasteiger partial charge in [-0.05, 0) is 47.2 Å². The number of imide groups is 1. The van der Waals surface area contributed by atoms with Gasteiger partial charge in [0.25, 0.3) is 17.1 Å². The highest BCUT2D eigenvalue weighted by Gasteiger charge is 2.41. The Morgan fingerprint density at radius 2 is 1.76 bits per heavy atom. The number of anilines is 1. The van der Waals surface area contributed by atoms with Gasteiger partial charge in [-0.15, -0.1) is 0 Å². The average molecular weight is 356 g/mol. The second-order valence-corrected chi connectivity index (χ2v) is 6.65. The molecule has 4 nitrogen and oxygen atoms in total. The molecule has 128 valence electrons. The van der Waals surface area contributed by atoms with Crippen LogP contribution < -0.4 is 4.90 Å². The number of carbonyl (C=O) groups is 3. The van der Waals surface area contributed by atoms with Gasteiger partial charge in [0.2, 0.25) is 0 Å². The molecule has 2 aromatic rings. The maximum atomic E-state index is 13.1. The topological polar surface area (TPSA) is 54.5 Å². The first-order valence-electron chi connectivity index (χ1n) is 8.21. The van der Waals surface area contributed by atoms with Gasteiger partial charge < -0.3 is 0 Å². The molecule has 0 spiro atoms. The molecule has 3 rings (SSSR count).